The average molecular weight is 295 g/mol. The maximum Gasteiger partial charge on any atom is 0.340 e. The maximum atomic E-state index is 11.1. The lowest BCUT2D eigenvalue weighted by Crippen LogP contribution is -2.19. The molecule has 7 nitrogen and oxygen atoms in total. The lowest BCUT2D eigenvalue weighted by molar-refractivity contribution is 0.332. The van der Waals surface area contributed by atoms with Gasteiger partial charge in [-0.25, -0.2) is 0 Å². The molecule has 0 fully saturated rings. The predicted octanol–water partition coefficient (Wildman–Crippen LogP) is 0.758. The van der Waals surface area contributed by atoms with E-state index < -0.39 is 33.1 Å². The van der Waals surface area contributed by atoms with Crippen LogP contribution in [-0.4, -0.2) is 25.0 Å². The summed E-state index contributed by atoms with van der Waals surface area (Å²) in [7, 11) is -9.83. The molecule has 0 aliphatic rings. The molecule has 0 saturated heterocycles. The Morgan fingerprint density at radius 3 is 1.83 bits per heavy atom. The van der Waals surface area contributed by atoms with Gasteiger partial charge in [-0.05, 0) is 12.0 Å². The highest BCUT2D eigenvalue weighted by Gasteiger charge is 2.44. The predicted molar refractivity (Wildman–Crippen MR) is 65.9 cm³/mol. The third kappa shape index (κ3) is 4.30. The van der Waals surface area contributed by atoms with E-state index in [0.29, 0.717) is 5.56 Å². The van der Waals surface area contributed by atoms with Gasteiger partial charge in [0.15, 0.2) is 5.40 Å². The van der Waals surface area contributed by atoms with Crippen molar-refractivity contribution in [3.05, 3.63) is 35.9 Å². The van der Waals surface area contributed by atoms with Crippen molar-refractivity contribution in [1.82, 2.24) is 0 Å². The van der Waals surface area contributed by atoms with Gasteiger partial charge in [-0.2, -0.15) is 0 Å². The summed E-state index contributed by atoms with van der Waals surface area (Å²) in [6.45, 7) is 0. The second-order valence-corrected chi connectivity index (χ2v) is 7.92. The smallest absolute Gasteiger partial charge is 0.324 e. The first-order valence-electron chi connectivity index (χ1n) is 5.03. The topological polar surface area (TPSA) is 141 Å². The van der Waals surface area contributed by atoms with Gasteiger partial charge in [0, 0.05) is 6.04 Å². The molecule has 0 amide bonds. The number of hydrogen-bond donors (Lipinski definition) is 5. The zero-order valence-electron chi connectivity index (χ0n) is 9.33. The van der Waals surface area contributed by atoms with Crippen molar-refractivity contribution in [2.75, 3.05) is 0 Å². The highest BCUT2D eigenvalue weighted by molar-refractivity contribution is 7.70. The van der Waals surface area contributed by atoms with Gasteiger partial charge in [0.1, 0.15) is 0 Å². The van der Waals surface area contributed by atoms with E-state index in [-0.39, 0.29) is 0 Å². The van der Waals surface area contributed by atoms with E-state index in [4.69, 9.17) is 25.3 Å². The number of benzene rings is 1. The lowest BCUT2D eigenvalue weighted by atomic mass is 10.1. The van der Waals surface area contributed by atoms with E-state index in [1.807, 2.05) is 0 Å². The number of hydrogen-bond acceptors (Lipinski definition) is 3. The van der Waals surface area contributed by atoms with E-state index in [1.165, 1.54) is 0 Å². The first-order chi connectivity index (χ1) is 8.12. The van der Waals surface area contributed by atoms with Crippen molar-refractivity contribution in [2.45, 2.75) is 17.9 Å². The van der Waals surface area contributed by atoms with Crippen molar-refractivity contribution in [3.63, 3.8) is 0 Å². The second kappa shape index (κ2) is 5.63. The summed E-state index contributed by atoms with van der Waals surface area (Å²) < 4.78 is 22.2. The van der Waals surface area contributed by atoms with Crippen LogP contribution in [0.15, 0.2) is 30.3 Å². The molecule has 0 spiro atoms. The van der Waals surface area contributed by atoms with Crippen molar-refractivity contribution < 1.29 is 28.7 Å². The summed E-state index contributed by atoms with van der Waals surface area (Å²) in [6.07, 6.45) is -0.488. The molecule has 1 atom stereocenters. The van der Waals surface area contributed by atoms with Gasteiger partial charge in [-0.3, -0.25) is 9.13 Å². The molecule has 0 aliphatic heterocycles. The molecule has 6 N–H and O–H groups in total. The highest BCUT2D eigenvalue weighted by Crippen LogP contribution is 2.62. The minimum atomic E-state index is -4.91. The lowest BCUT2D eigenvalue weighted by Gasteiger charge is -2.22. The van der Waals surface area contributed by atoms with Gasteiger partial charge in [-0.15, -0.1) is 0 Å². The van der Waals surface area contributed by atoms with Crippen LogP contribution in [0.5, 0.6) is 0 Å². The van der Waals surface area contributed by atoms with Crippen LogP contribution in [0.1, 0.15) is 18.0 Å². The van der Waals surface area contributed by atoms with Crippen LogP contribution in [0.25, 0.3) is 0 Å². The third-order valence-electron chi connectivity index (χ3n) is 2.47. The Morgan fingerprint density at radius 2 is 1.44 bits per heavy atom. The summed E-state index contributed by atoms with van der Waals surface area (Å²) in [5, 5.41) is -2.07. The molecule has 0 heterocycles. The summed E-state index contributed by atoms with van der Waals surface area (Å²) in [5.41, 5.74) is 6.26. The van der Waals surface area contributed by atoms with Crippen molar-refractivity contribution in [2.24, 2.45) is 5.73 Å². The Labute approximate surface area is 104 Å². The van der Waals surface area contributed by atoms with Crippen LogP contribution in [0.2, 0.25) is 0 Å². The third-order valence-corrected chi connectivity index (χ3v) is 6.25. The van der Waals surface area contributed by atoms with Crippen LogP contribution in [-0.2, 0) is 9.13 Å². The first kappa shape index (κ1) is 15.5. The molecule has 0 aliphatic carbocycles. The quantitative estimate of drug-likeness (QED) is 0.505. The van der Waals surface area contributed by atoms with E-state index in [1.54, 1.807) is 30.3 Å². The Balaban J connectivity index is 2.93. The van der Waals surface area contributed by atoms with E-state index in [0.717, 1.165) is 0 Å². The van der Waals surface area contributed by atoms with Gasteiger partial charge in [0.2, 0.25) is 0 Å². The largest absolute Gasteiger partial charge is 0.340 e. The zero-order valence-corrected chi connectivity index (χ0v) is 11.1. The minimum absolute atomic E-state index is 0.488. The Morgan fingerprint density at radius 1 is 1.00 bits per heavy atom. The van der Waals surface area contributed by atoms with Crippen LogP contribution in [0.3, 0.4) is 0 Å². The second-order valence-electron chi connectivity index (χ2n) is 3.91. The highest BCUT2D eigenvalue weighted by atomic mass is 31.2. The average Bonchev–Trinajstić information content (AvgIpc) is 2.23. The zero-order chi connectivity index (χ0) is 14.0. The van der Waals surface area contributed by atoms with E-state index >= 15 is 0 Å². The molecule has 0 bridgehead atoms. The summed E-state index contributed by atoms with van der Waals surface area (Å²) in [6, 6.07) is 7.50. The molecule has 0 aromatic heterocycles. The molecule has 18 heavy (non-hydrogen) atoms. The normalized spacial score (nSPS) is 14.8. The Bertz CT molecular complexity index is 459. The van der Waals surface area contributed by atoms with Crippen LogP contribution in [0, 0.1) is 0 Å². The maximum absolute atomic E-state index is 11.1. The molecule has 102 valence electrons. The van der Waals surface area contributed by atoms with Crippen molar-refractivity contribution in [1.29, 1.82) is 0 Å². The standard InChI is InChI=1S/C9H15NO6P2/c10-8(7-4-2-1-3-5-7)6-9(17(11,12)13)18(14,15)16/h1-5,8-9H,6,10H2,(H2,11,12,13)(H2,14,15,16). The fourth-order valence-corrected chi connectivity index (χ4v) is 4.11. The molecule has 1 aromatic carbocycles. The molecule has 1 rings (SSSR count). The van der Waals surface area contributed by atoms with Crippen LogP contribution < -0.4 is 5.73 Å². The van der Waals surface area contributed by atoms with Gasteiger partial charge >= 0.3 is 15.2 Å². The number of rotatable bonds is 5. The Hall–Kier alpha value is -0.520. The number of nitrogens with two attached hydrogens (primary N) is 1. The SMILES string of the molecule is NC(CC(P(=O)(O)O)P(=O)(O)O)c1ccccc1. The first-order valence-corrected chi connectivity index (χ1v) is 8.39. The van der Waals surface area contributed by atoms with Gasteiger partial charge in [0.05, 0.1) is 0 Å². The molecule has 1 unspecified atom stereocenters. The van der Waals surface area contributed by atoms with Crippen molar-refractivity contribution in [3.8, 4) is 0 Å². The fraction of sp³-hybridized carbons (Fsp3) is 0.333. The van der Waals surface area contributed by atoms with Crippen LogP contribution in [0.4, 0.5) is 0 Å². The fourth-order valence-electron chi connectivity index (χ4n) is 1.53. The Kier molecular flexibility index (Phi) is 4.86. The minimum Gasteiger partial charge on any atom is -0.324 e. The summed E-state index contributed by atoms with van der Waals surface area (Å²) >= 11 is 0. The molecular weight excluding hydrogens is 280 g/mol. The van der Waals surface area contributed by atoms with E-state index in [9.17, 15) is 9.13 Å². The summed E-state index contributed by atoms with van der Waals surface area (Å²) in [4.78, 5) is 35.9. The molecule has 0 saturated carbocycles. The van der Waals surface area contributed by atoms with Gasteiger partial charge in [-0.1, -0.05) is 30.3 Å². The van der Waals surface area contributed by atoms with Crippen LogP contribution >= 0.6 is 15.2 Å². The molecular formula is C9H15NO6P2. The molecule has 1 aromatic rings. The van der Waals surface area contributed by atoms with E-state index in [2.05, 4.69) is 0 Å². The van der Waals surface area contributed by atoms with Gasteiger partial charge < -0.3 is 25.3 Å². The van der Waals surface area contributed by atoms with Crippen molar-refractivity contribution >= 4 is 15.2 Å². The molecule has 0 radical (unpaired) electrons. The summed E-state index contributed by atoms with van der Waals surface area (Å²) in [5.74, 6) is 0. The van der Waals surface area contributed by atoms with Gasteiger partial charge in [0.25, 0.3) is 0 Å². The monoisotopic (exact) mass is 295 g/mol. The molecule has 9 heteroatoms.